The third-order valence-electron chi connectivity index (χ3n) is 4.85. The van der Waals surface area contributed by atoms with Crippen LogP contribution in [0.2, 0.25) is 0 Å². The molecule has 0 spiro atoms. The Morgan fingerprint density at radius 1 is 1.14 bits per heavy atom. The number of halogens is 1. The highest BCUT2D eigenvalue weighted by Crippen LogP contribution is 2.30. The summed E-state index contributed by atoms with van der Waals surface area (Å²) in [5.74, 6) is -1.33. The molecule has 0 saturated carbocycles. The molecule has 7 nitrogen and oxygen atoms in total. The molecule has 8 heteroatoms. The summed E-state index contributed by atoms with van der Waals surface area (Å²) in [5, 5.41) is 0.738. The van der Waals surface area contributed by atoms with Gasteiger partial charge in [0.05, 0.1) is 12.1 Å². The van der Waals surface area contributed by atoms with Crippen molar-refractivity contribution in [1.82, 2.24) is 14.8 Å². The molecule has 146 valence electrons. The zero-order valence-electron chi connectivity index (χ0n) is 15.6. The normalized spacial score (nSPS) is 14.1. The third-order valence-corrected chi connectivity index (χ3v) is 4.85. The first kappa shape index (κ1) is 18.5. The number of aromatic nitrogens is 1. The van der Waals surface area contributed by atoms with Gasteiger partial charge in [0, 0.05) is 12.4 Å². The average molecular weight is 392 g/mol. The number of carbonyl (C=O) groups is 3. The van der Waals surface area contributed by atoms with Crippen molar-refractivity contribution in [3.05, 3.63) is 65.6 Å². The summed E-state index contributed by atoms with van der Waals surface area (Å²) < 4.78 is 13.3. The molecule has 2 aromatic carbocycles. The molecule has 0 aliphatic carbocycles. The first-order chi connectivity index (χ1) is 13.8. The van der Waals surface area contributed by atoms with Crippen LogP contribution < -0.4 is 5.73 Å². The summed E-state index contributed by atoms with van der Waals surface area (Å²) in [4.78, 5) is 42.7. The second-order valence-electron chi connectivity index (χ2n) is 6.90. The van der Waals surface area contributed by atoms with Crippen molar-refractivity contribution >= 4 is 28.7 Å². The number of carbonyl (C=O) groups excluding carboxylic acids is 3. The monoisotopic (exact) mass is 392 g/mol. The lowest BCUT2D eigenvalue weighted by Gasteiger charge is -2.15. The SMILES string of the molecule is CN1CC(=O)N(Cc2ccc3c(-c4ccc(F)cc4)cc(C(N)=O)nc3c2)C1=O. The largest absolute Gasteiger partial charge is 0.364 e. The molecule has 3 aromatic rings. The summed E-state index contributed by atoms with van der Waals surface area (Å²) in [6.07, 6.45) is 0. The lowest BCUT2D eigenvalue weighted by molar-refractivity contribution is -0.125. The van der Waals surface area contributed by atoms with Gasteiger partial charge in [-0.05, 0) is 41.0 Å². The van der Waals surface area contributed by atoms with E-state index in [4.69, 9.17) is 5.73 Å². The van der Waals surface area contributed by atoms with Crippen LogP contribution in [-0.4, -0.2) is 46.2 Å². The molecule has 2 heterocycles. The molecule has 0 unspecified atom stereocenters. The topological polar surface area (TPSA) is 96.6 Å². The van der Waals surface area contributed by atoms with Crippen molar-refractivity contribution in [1.29, 1.82) is 0 Å². The second-order valence-corrected chi connectivity index (χ2v) is 6.90. The van der Waals surface area contributed by atoms with Crippen LogP contribution in [0.1, 0.15) is 16.1 Å². The summed E-state index contributed by atoms with van der Waals surface area (Å²) in [6.45, 7) is 0.150. The second kappa shape index (κ2) is 6.97. The lowest BCUT2D eigenvalue weighted by atomic mass is 9.98. The third kappa shape index (κ3) is 3.40. The van der Waals surface area contributed by atoms with Crippen LogP contribution in [0.5, 0.6) is 0 Å². The quantitative estimate of drug-likeness (QED) is 0.690. The van der Waals surface area contributed by atoms with E-state index in [1.807, 2.05) is 0 Å². The predicted molar refractivity (Wildman–Crippen MR) is 104 cm³/mol. The Kier molecular flexibility index (Phi) is 4.46. The van der Waals surface area contributed by atoms with Crippen LogP contribution >= 0.6 is 0 Å². The van der Waals surface area contributed by atoms with Gasteiger partial charge in [-0.3, -0.25) is 14.5 Å². The molecule has 0 atom stereocenters. The molecule has 4 rings (SSSR count). The maximum atomic E-state index is 13.3. The molecule has 0 bridgehead atoms. The first-order valence-corrected chi connectivity index (χ1v) is 8.88. The number of rotatable bonds is 4. The van der Waals surface area contributed by atoms with Gasteiger partial charge in [0.25, 0.3) is 11.8 Å². The Hall–Kier alpha value is -3.81. The Morgan fingerprint density at radius 3 is 2.48 bits per heavy atom. The highest BCUT2D eigenvalue weighted by Gasteiger charge is 2.33. The van der Waals surface area contributed by atoms with Gasteiger partial charge in [-0.1, -0.05) is 24.3 Å². The number of hydrogen-bond donors (Lipinski definition) is 1. The predicted octanol–water partition coefficient (Wildman–Crippen LogP) is 2.53. The fourth-order valence-electron chi connectivity index (χ4n) is 3.37. The zero-order chi connectivity index (χ0) is 20.7. The zero-order valence-corrected chi connectivity index (χ0v) is 15.6. The van der Waals surface area contributed by atoms with Crippen LogP contribution in [0.4, 0.5) is 9.18 Å². The molecule has 1 aliphatic rings. The summed E-state index contributed by atoms with van der Waals surface area (Å²) in [7, 11) is 1.57. The highest BCUT2D eigenvalue weighted by molar-refractivity contribution is 6.02. The molecule has 29 heavy (non-hydrogen) atoms. The van der Waals surface area contributed by atoms with Gasteiger partial charge in [-0.2, -0.15) is 0 Å². The van der Waals surface area contributed by atoms with Gasteiger partial charge in [0.1, 0.15) is 18.1 Å². The molecule has 4 amide bonds. The number of amides is 4. The molecule has 2 N–H and O–H groups in total. The lowest BCUT2D eigenvalue weighted by Crippen LogP contribution is -2.31. The number of benzene rings is 2. The fourth-order valence-corrected chi connectivity index (χ4v) is 3.37. The number of imide groups is 1. The highest BCUT2D eigenvalue weighted by atomic mass is 19.1. The maximum Gasteiger partial charge on any atom is 0.327 e. The van der Waals surface area contributed by atoms with Crippen LogP contribution in [-0.2, 0) is 11.3 Å². The van der Waals surface area contributed by atoms with Crippen LogP contribution in [0, 0.1) is 5.82 Å². The Balaban J connectivity index is 1.80. The van der Waals surface area contributed by atoms with E-state index in [2.05, 4.69) is 4.98 Å². The molecule has 1 aliphatic heterocycles. The van der Waals surface area contributed by atoms with Crippen LogP contribution in [0.25, 0.3) is 22.0 Å². The number of nitrogens with zero attached hydrogens (tertiary/aromatic N) is 3. The van der Waals surface area contributed by atoms with Crippen molar-refractivity contribution < 1.29 is 18.8 Å². The smallest absolute Gasteiger partial charge is 0.327 e. The Morgan fingerprint density at radius 2 is 1.86 bits per heavy atom. The first-order valence-electron chi connectivity index (χ1n) is 8.88. The number of urea groups is 1. The van der Waals surface area contributed by atoms with E-state index >= 15 is 0 Å². The number of nitrogens with two attached hydrogens (primary N) is 1. The maximum absolute atomic E-state index is 13.3. The van der Waals surface area contributed by atoms with Gasteiger partial charge in [0.2, 0.25) is 0 Å². The van der Waals surface area contributed by atoms with E-state index in [0.29, 0.717) is 22.2 Å². The van der Waals surface area contributed by atoms with Crippen molar-refractivity contribution in [2.75, 3.05) is 13.6 Å². The van der Waals surface area contributed by atoms with Crippen LogP contribution in [0.3, 0.4) is 0 Å². The van der Waals surface area contributed by atoms with Gasteiger partial charge < -0.3 is 10.6 Å². The van der Waals surface area contributed by atoms with Gasteiger partial charge in [0.15, 0.2) is 0 Å². The van der Waals surface area contributed by atoms with Crippen molar-refractivity contribution in [2.45, 2.75) is 6.54 Å². The standard InChI is InChI=1S/C21H17FN4O3/c1-25-11-19(27)26(21(25)29)10-12-2-7-15-16(13-3-5-14(22)6-4-13)9-18(20(23)28)24-17(15)8-12/h2-9H,10-11H2,1H3,(H2,23,28). The number of primary amides is 1. The van der Waals surface area contributed by atoms with Crippen molar-refractivity contribution in [3.63, 3.8) is 0 Å². The van der Waals surface area contributed by atoms with Crippen LogP contribution in [0.15, 0.2) is 48.5 Å². The molecule has 0 radical (unpaired) electrons. The fraction of sp³-hybridized carbons (Fsp3) is 0.143. The Labute approximate surface area is 165 Å². The van der Waals surface area contributed by atoms with E-state index in [1.165, 1.54) is 21.9 Å². The molecule has 1 aromatic heterocycles. The number of hydrogen-bond acceptors (Lipinski definition) is 4. The van der Waals surface area contributed by atoms with Gasteiger partial charge >= 0.3 is 6.03 Å². The summed E-state index contributed by atoms with van der Waals surface area (Å²) in [5.41, 5.74) is 8.08. The summed E-state index contributed by atoms with van der Waals surface area (Å²) in [6, 6.07) is 12.4. The van der Waals surface area contributed by atoms with E-state index in [1.54, 1.807) is 43.4 Å². The van der Waals surface area contributed by atoms with Crippen molar-refractivity contribution in [2.24, 2.45) is 5.73 Å². The van der Waals surface area contributed by atoms with Crippen molar-refractivity contribution in [3.8, 4) is 11.1 Å². The minimum absolute atomic E-state index is 0.0468. The summed E-state index contributed by atoms with van der Waals surface area (Å²) >= 11 is 0. The number of likely N-dealkylation sites (N-methyl/N-ethyl adjacent to an activating group) is 1. The van der Waals surface area contributed by atoms with E-state index in [9.17, 15) is 18.8 Å². The minimum atomic E-state index is -0.688. The number of fused-ring (bicyclic) bond motifs is 1. The minimum Gasteiger partial charge on any atom is -0.364 e. The average Bonchev–Trinajstić information content (AvgIpc) is 2.93. The molecule has 1 fully saturated rings. The van der Waals surface area contributed by atoms with E-state index in [0.717, 1.165) is 5.39 Å². The molecule has 1 saturated heterocycles. The van der Waals surface area contributed by atoms with Gasteiger partial charge in [-0.15, -0.1) is 0 Å². The van der Waals surface area contributed by atoms with Gasteiger partial charge in [-0.25, -0.2) is 14.2 Å². The van der Waals surface area contributed by atoms with E-state index < -0.39 is 5.91 Å². The Bertz CT molecular complexity index is 1160. The number of pyridine rings is 1. The van der Waals surface area contributed by atoms with E-state index in [-0.39, 0.29) is 36.5 Å². The molecular formula is C21H17FN4O3. The molecular weight excluding hydrogens is 375 g/mol.